The summed E-state index contributed by atoms with van der Waals surface area (Å²) in [6.45, 7) is 2.03. The van der Waals surface area contributed by atoms with Crippen molar-refractivity contribution < 1.29 is 4.74 Å². The molecule has 2 N–H and O–H groups in total. The van der Waals surface area contributed by atoms with Gasteiger partial charge in [0.25, 0.3) is 0 Å². The molecular weight excluding hydrogens is 232 g/mol. The average Bonchev–Trinajstić information content (AvgIpc) is 2.75. The van der Waals surface area contributed by atoms with Crippen LogP contribution in [0.2, 0.25) is 0 Å². The lowest BCUT2D eigenvalue weighted by Crippen LogP contribution is -2.51. The van der Waals surface area contributed by atoms with Crippen molar-refractivity contribution in [2.75, 3.05) is 7.11 Å². The molecule has 96 valence electrons. The molecule has 1 fully saturated rings. The van der Waals surface area contributed by atoms with Crippen LogP contribution in [0.4, 0.5) is 0 Å². The Kier molecular flexibility index (Phi) is 4.17. The van der Waals surface area contributed by atoms with Crippen LogP contribution in [0.3, 0.4) is 0 Å². The first-order valence-electron chi connectivity index (χ1n) is 6.38. The lowest BCUT2D eigenvalue weighted by molar-refractivity contribution is -0.0582. The van der Waals surface area contributed by atoms with Crippen LogP contribution < -0.4 is 5.73 Å². The maximum atomic E-state index is 6.38. The summed E-state index contributed by atoms with van der Waals surface area (Å²) in [6.07, 6.45) is 6.81. The first-order valence-corrected chi connectivity index (χ1v) is 7.26. The van der Waals surface area contributed by atoms with E-state index in [2.05, 4.69) is 10.4 Å². The fourth-order valence-electron chi connectivity index (χ4n) is 2.75. The molecule has 1 heterocycles. The minimum atomic E-state index is -0.113. The molecule has 1 aromatic rings. The number of hydrogen-bond acceptors (Lipinski definition) is 4. The van der Waals surface area contributed by atoms with Gasteiger partial charge in [0.15, 0.2) is 0 Å². The van der Waals surface area contributed by atoms with Gasteiger partial charge in [0, 0.05) is 30.6 Å². The van der Waals surface area contributed by atoms with E-state index in [1.165, 1.54) is 19.3 Å². The Labute approximate surface area is 107 Å². The Balaban J connectivity index is 2.04. The summed E-state index contributed by atoms with van der Waals surface area (Å²) in [7, 11) is 1.80. The third-order valence-corrected chi connectivity index (χ3v) is 4.83. The molecule has 0 radical (unpaired) electrons. The highest BCUT2D eigenvalue weighted by Crippen LogP contribution is 2.34. The van der Waals surface area contributed by atoms with E-state index < -0.39 is 0 Å². The normalized spacial score (nSPS) is 21.4. The van der Waals surface area contributed by atoms with Gasteiger partial charge in [-0.3, -0.25) is 0 Å². The minimum absolute atomic E-state index is 0.0679. The number of rotatable bonds is 4. The van der Waals surface area contributed by atoms with Gasteiger partial charge < -0.3 is 10.5 Å². The molecule has 1 atom stereocenters. The SMILES string of the molecule is COC1(C(N)Cc2nc(C)cs2)CCCCC1. The number of thiazole rings is 1. The monoisotopic (exact) mass is 254 g/mol. The van der Waals surface area contributed by atoms with E-state index in [-0.39, 0.29) is 11.6 Å². The van der Waals surface area contributed by atoms with Crippen molar-refractivity contribution in [1.82, 2.24) is 4.98 Å². The van der Waals surface area contributed by atoms with Gasteiger partial charge in [-0.05, 0) is 19.8 Å². The smallest absolute Gasteiger partial charge is 0.0944 e. The molecule has 3 nitrogen and oxygen atoms in total. The number of nitrogens with zero attached hydrogens (tertiary/aromatic N) is 1. The number of aromatic nitrogens is 1. The lowest BCUT2D eigenvalue weighted by atomic mass is 9.78. The van der Waals surface area contributed by atoms with Gasteiger partial charge in [0.1, 0.15) is 0 Å². The Morgan fingerprint density at radius 3 is 2.71 bits per heavy atom. The number of ether oxygens (including phenoxy) is 1. The van der Waals surface area contributed by atoms with Crippen molar-refractivity contribution >= 4 is 11.3 Å². The Morgan fingerprint density at radius 1 is 1.47 bits per heavy atom. The van der Waals surface area contributed by atoms with Crippen LogP contribution >= 0.6 is 11.3 Å². The number of methoxy groups -OCH3 is 1. The van der Waals surface area contributed by atoms with Crippen molar-refractivity contribution in [1.29, 1.82) is 0 Å². The molecule has 1 saturated carbocycles. The predicted molar refractivity (Wildman–Crippen MR) is 71.4 cm³/mol. The van der Waals surface area contributed by atoms with Gasteiger partial charge in [-0.15, -0.1) is 11.3 Å². The van der Waals surface area contributed by atoms with Crippen LogP contribution in [0, 0.1) is 6.92 Å². The van der Waals surface area contributed by atoms with Crippen LogP contribution in [0.5, 0.6) is 0 Å². The highest BCUT2D eigenvalue weighted by molar-refractivity contribution is 7.09. The first-order chi connectivity index (χ1) is 8.16. The van der Waals surface area contributed by atoms with Gasteiger partial charge in [0.2, 0.25) is 0 Å². The van der Waals surface area contributed by atoms with Crippen LogP contribution in [0.1, 0.15) is 42.8 Å². The molecule has 0 saturated heterocycles. The quantitative estimate of drug-likeness (QED) is 0.898. The van der Waals surface area contributed by atoms with E-state index in [9.17, 15) is 0 Å². The molecule has 17 heavy (non-hydrogen) atoms. The molecule has 0 spiro atoms. The zero-order valence-electron chi connectivity index (χ0n) is 10.7. The number of nitrogens with two attached hydrogens (primary N) is 1. The fraction of sp³-hybridized carbons (Fsp3) is 0.769. The Bertz CT molecular complexity index is 358. The van der Waals surface area contributed by atoms with Crippen LogP contribution in [-0.2, 0) is 11.2 Å². The van der Waals surface area contributed by atoms with E-state index in [1.807, 2.05) is 6.92 Å². The molecule has 0 aromatic carbocycles. The van der Waals surface area contributed by atoms with Crippen LogP contribution in [-0.4, -0.2) is 23.7 Å². The highest BCUT2D eigenvalue weighted by atomic mass is 32.1. The van der Waals surface area contributed by atoms with E-state index in [0.29, 0.717) is 0 Å². The van der Waals surface area contributed by atoms with E-state index in [4.69, 9.17) is 10.5 Å². The number of hydrogen-bond donors (Lipinski definition) is 1. The molecule has 1 aliphatic carbocycles. The maximum absolute atomic E-state index is 6.38. The first kappa shape index (κ1) is 13.0. The topological polar surface area (TPSA) is 48.1 Å². The van der Waals surface area contributed by atoms with Crippen molar-refractivity contribution in [3.8, 4) is 0 Å². The van der Waals surface area contributed by atoms with E-state index in [0.717, 1.165) is 30.0 Å². The molecule has 1 aliphatic rings. The molecule has 0 aliphatic heterocycles. The minimum Gasteiger partial charge on any atom is -0.377 e. The van der Waals surface area contributed by atoms with Crippen LogP contribution in [0.15, 0.2) is 5.38 Å². The zero-order valence-corrected chi connectivity index (χ0v) is 11.6. The van der Waals surface area contributed by atoms with E-state index >= 15 is 0 Å². The standard InChI is InChI=1S/C13H22N2OS/c1-10-9-17-12(15-10)8-11(14)13(16-2)6-4-3-5-7-13/h9,11H,3-8,14H2,1-2H3. The lowest BCUT2D eigenvalue weighted by Gasteiger charge is -2.40. The Hall–Kier alpha value is -0.450. The second-order valence-electron chi connectivity index (χ2n) is 5.02. The van der Waals surface area contributed by atoms with Crippen LogP contribution in [0.25, 0.3) is 0 Å². The molecule has 4 heteroatoms. The second-order valence-corrected chi connectivity index (χ2v) is 5.97. The molecule has 2 rings (SSSR count). The highest BCUT2D eigenvalue weighted by Gasteiger charge is 2.38. The van der Waals surface area contributed by atoms with Gasteiger partial charge in [-0.2, -0.15) is 0 Å². The summed E-state index contributed by atoms with van der Waals surface area (Å²) in [5, 5.41) is 3.22. The summed E-state index contributed by atoms with van der Waals surface area (Å²) < 4.78 is 5.77. The average molecular weight is 254 g/mol. The third kappa shape index (κ3) is 2.87. The third-order valence-electron chi connectivity index (χ3n) is 3.84. The van der Waals surface area contributed by atoms with Crippen molar-refractivity contribution in [3.63, 3.8) is 0 Å². The van der Waals surface area contributed by atoms with Crippen molar-refractivity contribution in [3.05, 3.63) is 16.1 Å². The summed E-state index contributed by atoms with van der Waals surface area (Å²) >= 11 is 1.70. The predicted octanol–water partition coefficient (Wildman–Crippen LogP) is 2.67. The van der Waals surface area contributed by atoms with E-state index in [1.54, 1.807) is 18.4 Å². The molecular formula is C13H22N2OS. The maximum Gasteiger partial charge on any atom is 0.0944 e. The second kappa shape index (κ2) is 5.46. The Morgan fingerprint density at radius 2 is 2.18 bits per heavy atom. The largest absolute Gasteiger partial charge is 0.377 e. The van der Waals surface area contributed by atoms with Gasteiger partial charge in [-0.25, -0.2) is 4.98 Å². The van der Waals surface area contributed by atoms with Crippen molar-refractivity contribution in [2.45, 2.75) is 57.1 Å². The fourth-order valence-corrected chi connectivity index (χ4v) is 3.58. The van der Waals surface area contributed by atoms with Gasteiger partial charge in [-0.1, -0.05) is 19.3 Å². The van der Waals surface area contributed by atoms with Gasteiger partial charge >= 0.3 is 0 Å². The summed E-state index contributed by atoms with van der Waals surface area (Å²) in [4.78, 5) is 4.49. The molecule has 1 unspecified atom stereocenters. The summed E-state index contributed by atoms with van der Waals surface area (Å²) in [5.74, 6) is 0. The molecule has 0 bridgehead atoms. The summed E-state index contributed by atoms with van der Waals surface area (Å²) in [6, 6.07) is 0.0679. The van der Waals surface area contributed by atoms with Crippen molar-refractivity contribution in [2.24, 2.45) is 5.73 Å². The number of aryl methyl sites for hydroxylation is 1. The zero-order chi connectivity index (χ0) is 12.3. The molecule has 0 amide bonds. The molecule has 1 aromatic heterocycles. The summed E-state index contributed by atoms with van der Waals surface area (Å²) in [5.41, 5.74) is 7.35. The van der Waals surface area contributed by atoms with Gasteiger partial charge in [0.05, 0.1) is 10.6 Å².